The second-order valence-corrected chi connectivity index (χ2v) is 3.36. The summed E-state index contributed by atoms with van der Waals surface area (Å²) in [6.45, 7) is 2.96. The van der Waals surface area contributed by atoms with Gasteiger partial charge in [0.05, 0.1) is 0 Å². The van der Waals surface area contributed by atoms with Crippen molar-refractivity contribution in [1.82, 2.24) is 4.90 Å². The van der Waals surface area contributed by atoms with Gasteiger partial charge in [-0.3, -0.25) is 4.79 Å². The maximum Gasteiger partial charge on any atom is 0.213 e. The van der Waals surface area contributed by atoms with E-state index in [1.165, 1.54) is 4.91 Å². The van der Waals surface area contributed by atoms with Crippen molar-refractivity contribution in [3.05, 3.63) is 11.1 Å². The lowest BCUT2D eigenvalue weighted by Crippen LogP contribution is -2.21. The molecule has 56 valence electrons. The zero-order chi connectivity index (χ0) is 7.40. The van der Waals surface area contributed by atoms with Gasteiger partial charge < -0.3 is 4.90 Å². The quantitative estimate of drug-likeness (QED) is 0.565. The molecule has 0 bridgehead atoms. The number of amides is 1. The topological polar surface area (TPSA) is 20.3 Å². The standard InChI is InChI=1S/C7H11NOS/c1-2-7-5-8(6-9)3-4-10-7/h5-6H,2-4H2,1H3. The second kappa shape index (κ2) is 3.66. The zero-order valence-corrected chi connectivity index (χ0v) is 6.86. The van der Waals surface area contributed by atoms with Crippen molar-refractivity contribution in [2.45, 2.75) is 13.3 Å². The highest BCUT2D eigenvalue weighted by Gasteiger charge is 2.07. The Morgan fingerprint density at radius 1 is 1.90 bits per heavy atom. The molecule has 0 atom stereocenters. The molecule has 0 N–H and O–H groups in total. The zero-order valence-electron chi connectivity index (χ0n) is 6.04. The fourth-order valence-corrected chi connectivity index (χ4v) is 1.82. The van der Waals surface area contributed by atoms with Gasteiger partial charge in [0, 0.05) is 23.4 Å². The molecule has 1 amide bonds. The predicted molar refractivity (Wildman–Crippen MR) is 43.6 cm³/mol. The van der Waals surface area contributed by atoms with E-state index < -0.39 is 0 Å². The summed E-state index contributed by atoms with van der Waals surface area (Å²) in [6, 6.07) is 0. The summed E-state index contributed by atoms with van der Waals surface area (Å²) in [5, 5.41) is 0. The first-order valence-electron chi connectivity index (χ1n) is 3.41. The summed E-state index contributed by atoms with van der Waals surface area (Å²) < 4.78 is 0. The maximum absolute atomic E-state index is 10.3. The molecule has 2 nitrogen and oxygen atoms in total. The van der Waals surface area contributed by atoms with E-state index in [0.29, 0.717) is 0 Å². The minimum absolute atomic E-state index is 0.859. The van der Waals surface area contributed by atoms with Crippen molar-refractivity contribution in [3.8, 4) is 0 Å². The molecular formula is C7H11NOS. The summed E-state index contributed by atoms with van der Waals surface area (Å²) in [6.07, 6.45) is 3.85. The van der Waals surface area contributed by atoms with Crippen LogP contribution < -0.4 is 0 Å². The number of hydrogen-bond donors (Lipinski definition) is 0. The van der Waals surface area contributed by atoms with Crippen LogP contribution in [-0.4, -0.2) is 23.6 Å². The van der Waals surface area contributed by atoms with Gasteiger partial charge in [-0.15, -0.1) is 11.8 Å². The fraction of sp³-hybridized carbons (Fsp3) is 0.571. The molecule has 0 saturated carbocycles. The summed E-state index contributed by atoms with van der Waals surface area (Å²) in [5.74, 6) is 1.04. The largest absolute Gasteiger partial charge is 0.320 e. The molecule has 0 aromatic rings. The van der Waals surface area contributed by atoms with Crippen LogP contribution in [0.1, 0.15) is 13.3 Å². The molecular weight excluding hydrogens is 146 g/mol. The Labute approximate surface area is 65.3 Å². The van der Waals surface area contributed by atoms with Crippen molar-refractivity contribution in [2.75, 3.05) is 12.3 Å². The predicted octanol–water partition coefficient (Wildman–Crippen LogP) is 1.44. The molecule has 0 unspecified atom stereocenters. The molecule has 0 aliphatic carbocycles. The van der Waals surface area contributed by atoms with Gasteiger partial charge in [-0.1, -0.05) is 6.92 Å². The molecule has 1 aliphatic heterocycles. The third-order valence-electron chi connectivity index (χ3n) is 1.43. The Hall–Kier alpha value is -0.440. The fourth-order valence-electron chi connectivity index (χ4n) is 0.845. The van der Waals surface area contributed by atoms with Gasteiger partial charge >= 0.3 is 0 Å². The van der Waals surface area contributed by atoms with E-state index in [1.54, 1.807) is 4.90 Å². The average molecular weight is 157 g/mol. The first kappa shape index (κ1) is 7.66. The van der Waals surface area contributed by atoms with Crippen molar-refractivity contribution in [1.29, 1.82) is 0 Å². The van der Waals surface area contributed by atoms with Crippen molar-refractivity contribution >= 4 is 18.2 Å². The summed E-state index contributed by atoms with van der Waals surface area (Å²) in [7, 11) is 0. The number of nitrogens with zero attached hydrogens (tertiary/aromatic N) is 1. The number of hydrogen-bond acceptors (Lipinski definition) is 2. The molecule has 10 heavy (non-hydrogen) atoms. The Morgan fingerprint density at radius 3 is 3.30 bits per heavy atom. The van der Waals surface area contributed by atoms with Crippen LogP contribution in [-0.2, 0) is 4.79 Å². The van der Waals surface area contributed by atoms with Gasteiger partial charge in [0.2, 0.25) is 6.41 Å². The summed E-state index contributed by atoms with van der Waals surface area (Å²) >= 11 is 1.84. The lowest BCUT2D eigenvalue weighted by molar-refractivity contribution is -0.115. The van der Waals surface area contributed by atoms with Crippen LogP contribution in [0.3, 0.4) is 0 Å². The third-order valence-corrected chi connectivity index (χ3v) is 2.58. The highest BCUT2D eigenvalue weighted by atomic mass is 32.2. The highest BCUT2D eigenvalue weighted by molar-refractivity contribution is 8.03. The van der Waals surface area contributed by atoms with E-state index in [2.05, 4.69) is 6.92 Å². The lowest BCUT2D eigenvalue weighted by atomic mass is 10.4. The molecule has 0 spiro atoms. The Kier molecular flexibility index (Phi) is 2.81. The van der Waals surface area contributed by atoms with E-state index in [-0.39, 0.29) is 0 Å². The Balaban J connectivity index is 2.56. The van der Waals surface area contributed by atoms with Crippen LogP contribution in [0.5, 0.6) is 0 Å². The molecule has 1 aliphatic rings. The molecule has 0 radical (unpaired) electrons. The highest BCUT2D eigenvalue weighted by Crippen LogP contribution is 2.22. The number of carbonyl (C=O) groups is 1. The number of rotatable bonds is 2. The second-order valence-electron chi connectivity index (χ2n) is 2.14. The van der Waals surface area contributed by atoms with Crippen LogP contribution in [0.2, 0.25) is 0 Å². The number of allylic oxidation sites excluding steroid dienone is 1. The van der Waals surface area contributed by atoms with Gasteiger partial charge in [0.15, 0.2) is 0 Å². The van der Waals surface area contributed by atoms with E-state index in [9.17, 15) is 4.79 Å². The minimum Gasteiger partial charge on any atom is -0.320 e. The Morgan fingerprint density at radius 2 is 2.70 bits per heavy atom. The first-order chi connectivity index (χ1) is 4.86. The minimum atomic E-state index is 0.859. The van der Waals surface area contributed by atoms with Crippen LogP contribution in [0.25, 0.3) is 0 Å². The maximum atomic E-state index is 10.3. The van der Waals surface area contributed by atoms with Crippen LogP contribution >= 0.6 is 11.8 Å². The third kappa shape index (κ3) is 1.77. The smallest absolute Gasteiger partial charge is 0.213 e. The lowest BCUT2D eigenvalue weighted by Gasteiger charge is -2.19. The first-order valence-corrected chi connectivity index (χ1v) is 4.40. The van der Waals surface area contributed by atoms with E-state index in [0.717, 1.165) is 25.1 Å². The van der Waals surface area contributed by atoms with Crippen molar-refractivity contribution in [3.63, 3.8) is 0 Å². The van der Waals surface area contributed by atoms with Gasteiger partial charge in [-0.2, -0.15) is 0 Å². The Bertz CT molecular complexity index is 156. The molecule has 0 saturated heterocycles. The monoisotopic (exact) mass is 157 g/mol. The molecule has 0 aromatic heterocycles. The SMILES string of the molecule is CCC1=CN(C=O)CCS1. The number of carbonyl (C=O) groups excluding carboxylic acids is 1. The van der Waals surface area contributed by atoms with Crippen molar-refractivity contribution < 1.29 is 4.79 Å². The van der Waals surface area contributed by atoms with Crippen LogP contribution in [0, 0.1) is 0 Å². The average Bonchev–Trinajstić information content (AvgIpc) is 2.05. The number of thioether (sulfide) groups is 1. The molecule has 3 heteroatoms. The molecule has 0 fully saturated rings. The molecule has 1 heterocycles. The van der Waals surface area contributed by atoms with Crippen LogP contribution in [0.15, 0.2) is 11.1 Å². The summed E-state index contributed by atoms with van der Waals surface area (Å²) in [4.78, 5) is 13.3. The normalized spacial score (nSPS) is 18.5. The summed E-state index contributed by atoms with van der Waals surface area (Å²) in [5.41, 5.74) is 0. The van der Waals surface area contributed by atoms with Crippen molar-refractivity contribution in [2.24, 2.45) is 0 Å². The van der Waals surface area contributed by atoms with Gasteiger partial charge in [-0.25, -0.2) is 0 Å². The molecule has 1 rings (SSSR count). The van der Waals surface area contributed by atoms with E-state index >= 15 is 0 Å². The van der Waals surface area contributed by atoms with Crippen LogP contribution in [0.4, 0.5) is 0 Å². The van der Waals surface area contributed by atoms with Gasteiger partial charge in [0.25, 0.3) is 0 Å². The van der Waals surface area contributed by atoms with E-state index in [1.807, 2.05) is 18.0 Å². The van der Waals surface area contributed by atoms with Gasteiger partial charge in [0.1, 0.15) is 0 Å². The molecule has 0 aromatic carbocycles. The van der Waals surface area contributed by atoms with Gasteiger partial charge in [-0.05, 0) is 6.42 Å². The van der Waals surface area contributed by atoms with E-state index in [4.69, 9.17) is 0 Å².